The Hall–Kier alpha value is -1.48. The predicted molar refractivity (Wildman–Crippen MR) is 62.4 cm³/mol. The smallest absolute Gasteiger partial charge is 0.460 e. The van der Waals surface area contributed by atoms with Gasteiger partial charge in [-0.15, -0.1) is 0 Å². The van der Waals surface area contributed by atoms with Gasteiger partial charge in [0.1, 0.15) is 0 Å². The van der Waals surface area contributed by atoms with Crippen molar-refractivity contribution in [3.05, 3.63) is 12.7 Å². The number of hydrogen-bond donors (Lipinski definition) is 2. The Morgan fingerprint density at radius 1 is 1.12 bits per heavy atom. The van der Waals surface area contributed by atoms with Gasteiger partial charge in [0, 0.05) is 6.08 Å². The van der Waals surface area contributed by atoms with E-state index in [1.165, 1.54) is 0 Å². The number of alkyl halides is 8. The van der Waals surface area contributed by atoms with Crippen molar-refractivity contribution < 1.29 is 57.6 Å². The molecule has 1 unspecified atom stereocenters. The molecule has 24 heavy (non-hydrogen) atoms. The van der Waals surface area contributed by atoms with Crippen LogP contribution in [0.3, 0.4) is 0 Å². The van der Waals surface area contributed by atoms with Crippen molar-refractivity contribution in [2.24, 2.45) is 5.73 Å². The highest BCUT2D eigenvalue weighted by atomic mass is 32.2. The molecule has 0 amide bonds. The van der Waals surface area contributed by atoms with E-state index in [-0.39, 0.29) is 5.97 Å². The largest absolute Gasteiger partial charge is 0.463 e. The van der Waals surface area contributed by atoms with E-state index in [1.807, 2.05) is 0 Å². The Balaban J connectivity index is 0. The molecule has 0 aromatic heterocycles. The first-order valence-corrected chi connectivity index (χ1v) is 6.81. The first-order chi connectivity index (χ1) is 10.3. The molecule has 0 aliphatic heterocycles. The monoisotopic (exact) mass is 397 g/mol. The Labute approximate surface area is 130 Å². The molecule has 0 fully saturated rings. The minimum Gasteiger partial charge on any atom is -0.463 e. The first-order valence-electron chi connectivity index (χ1n) is 5.37. The van der Waals surface area contributed by atoms with E-state index in [9.17, 15) is 48.3 Å². The fourth-order valence-corrected chi connectivity index (χ4v) is 1.21. The summed E-state index contributed by atoms with van der Waals surface area (Å²) in [6.45, 7) is 5.38. The normalized spacial score (nSPS) is 15.6. The van der Waals surface area contributed by atoms with E-state index in [1.54, 1.807) is 6.92 Å². The van der Waals surface area contributed by atoms with Crippen LogP contribution in [-0.2, 0) is 19.6 Å². The van der Waals surface area contributed by atoms with Crippen molar-refractivity contribution in [3.63, 3.8) is 0 Å². The number of ether oxygens (including phenoxy) is 1. The summed E-state index contributed by atoms with van der Waals surface area (Å²) in [5.41, 5.74) is 3.52. The number of halogens is 8. The highest BCUT2D eigenvalue weighted by Crippen LogP contribution is 2.52. The van der Waals surface area contributed by atoms with Crippen LogP contribution < -0.4 is 5.73 Å². The first kappa shape index (κ1) is 24.8. The molecule has 0 aliphatic carbocycles. The summed E-state index contributed by atoms with van der Waals surface area (Å²) < 4.78 is 129. The SMILES string of the molecule is C=CC(=O)OCC.NC(F)(C(F)(F)C(F)(F)C(F)(F)F)S(=O)(=O)O. The van der Waals surface area contributed by atoms with Gasteiger partial charge in [0.2, 0.25) is 0 Å². The number of nitrogens with two attached hydrogens (primary N) is 1. The van der Waals surface area contributed by atoms with Crippen molar-refractivity contribution in [1.29, 1.82) is 0 Å². The van der Waals surface area contributed by atoms with Gasteiger partial charge in [0.15, 0.2) is 0 Å². The lowest BCUT2D eigenvalue weighted by Gasteiger charge is -2.33. The fourth-order valence-electron chi connectivity index (χ4n) is 0.755. The van der Waals surface area contributed by atoms with E-state index in [0.29, 0.717) is 6.61 Å². The highest BCUT2D eigenvalue weighted by molar-refractivity contribution is 7.87. The van der Waals surface area contributed by atoms with Crippen molar-refractivity contribution >= 4 is 16.1 Å². The van der Waals surface area contributed by atoms with Crippen molar-refractivity contribution in [2.75, 3.05) is 6.61 Å². The van der Waals surface area contributed by atoms with Crippen LogP contribution in [0.15, 0.2) is 12.7 Å². The Morgan fingerprint density at radius 2 is 1.50 bits per heavy atom. The van der Waals surface area contributed by atoms with Gasteiger partial charge >= 0.3 is 39.2 Å². The minimum absolute atomic E-state index is 0.359. The predicted octanol–water partition coefficient (Wildman–Crippen LogP) is 2.02. The number of carbonyl (C=O) groups excluding carboxylic acids is 1. The van der Waals surface area contributed by atoms with E-state index < -0.39 is 33.3 Å². The van der Waals surface area contributed by atoms with Gasteiger partial charge in [-0.1, -0.05) is 6.58 Å². The number of esters is 1. The molecule has 0 aromatic rings. The maximum atomic E-state index is 12.6. The molecule has 0 saturated heterocycles. The molecular weight excluding hydrogens is 386 g/mol. The molecule has 1 atom stereocenters. The summed E-state index contributed by atoms with van der Waals surface area (Å²) in [5, 5.41) is -6.00. The van der Waals surface area contributed by atoms with E-state index >= 15 is 0 Å². The van der Waals surface area contributed by atoms with Crippen LogP contribution in [0, 0.1) is 0 Å². The molecule has 144 valence electrons. The van der Waals surface area contributed by atoms with Gasteiger partial charge in [0.05, 0.1) is 6.61 Å². The lowest BCUT2D eigenvalue weighted by atomic mass is 10.1. The molecule has 3 N–H and O–H groups in total. The summed E-state index contributed by atoms with van der Waals surface area (Å²) in [6.07, 6.45) is -5.83. The van der Waals surface area contributed by atoms with Gasteiger partial charge in [-0.2, -0.15) is 43.5 Å². The van der Waals surface area contributed by atoms with E-state index in [4.69, 9.17) is 4.55 Å². The third kappa shape index (κ3) is 5.01. The zero-order chi connectivity index (χ0) is 20.2. The maximum Gasteiger partial charge on any atom is 0.460 e. The summed E-state index contributed by atoms with van der Waals surface area (Å²) >= 11 is 0. The lowest BCUT2D eigenvalue weighted by molar-refractivity contribution is -0.370. The van der Waals surface area contributed by atoms with Crippen molar-refractivity contribution in [1.82, 2.24) is 0 Å². The zero-order valence-electron chi connectivity index (χ0n) is 11.6. The summed E-state index contributed by atoms with van der Waals surface area (Å²) in [4.78, 5) is 10.1. The standard InChI is InChI=1S/C5H8O2.C4H3F8NO3S/c1-3-5(6)7-4-2;5-1(6,3(9,10)11)2(7,8)4(12,13)17(14,15)16/h3H,1,4H2,2H3;13H2,(H,14,15,16). The molecular formula is C9H11F8NO5S. The summed E-state index contributed by atoms with van der Waals surface area (Å²) in [5.74, 6) is -14.4. The van der Waals surface area contributed by atoms with Gasteiger partial charge in [-0.25, -0.2) is 4.79 Å². The molecule has 0 heterocycles. The molecule has 0 saturated carbocycles. The van der Waals surface area contributed by atoms with Crippen LogP contribution in [0.4, 0.5) is 35.1 Å². The molecule has 0 radical (unpaired) electrons. The van der Waals surface area contributed by atoms with Crippen LogP contribution in [0.1, 0.15) is 6.92 Å². The second kappa shape index (κ2) is 7.60. The third-order valence-electron chi connectivity index (χ3n) is 2.01. The zero-order valence-corrected chi connectivity index (χ0v) is 12.4. The second-order valence-corrected chi connectivity index (χ2v) is 5.27. The Bertz CT molecular complexity index is 557. The average Bonchev–Trinajstić information content (AvgIpc) is 2.36. The number of hydrogen-bond acceptors (Lipinski definition) is 5. The molecule has 0 rings (SSSR count). The minimum atomic E-state index is -7.10. The third-order valence-corrected chi connectivity index (χ3v) is 3.01. The summed E-state index contributed by atoms with van der Waals surface area (Å²) in [7, 11) is -6.72. The van der Waals surface area contributed by atoms with Crippen LogP contribution in [-0.4, -0.2) is 48.7 Å². The van der Waals surface area contributed by atoms with Crippen LogP contribution in [0.2, 0.25) is 0 Å². The molecule has 0 aliphatic rings. The Morgan fingerprint density at radius 3 is 1.67 bits per heavy atom. The van der Waals surface area contributed by atoms with Gasteiger partial charge in [-0.05, 0) is 6.92 Å². The fraction of sp³-hybridized carbons (Fsp3) is 0.667. The number of carbonyl (C=O) groups is 1. The van der Waals surface area contributed by atoms with E-state index in [0.717, 1.165) is 6.08 Å². The highest BCUT2D eigenvalue weighted by Gasteiger charge is 2.83. The topological polar surface area (TPSA) is 107 Å². The molecule has 0 bridgehead atoms. The average molecular weight is 397 g/mol. The quantitative estimate of drug-likeness (QED) is 0.242. The Kier molecular flexibility index (Phi) is 7.85. The van der Waals surface area contributed by atoms with Crippen molar-refractivity contribution in [3.8, 4) is 0 Å². The van der Waals surface area contributed by atoms with Crippen LogP contribution in [0.5, 0.6) is 0 Å². The van der Waals surface area contributed by atoms with Gasteiger partial charge in [0.25, 0.3) is 0 Å². The molecule has 6 nitrogen and oxygen atoms in total. The van der Waals surface area contributed by atoms with Gasteiger partial charge < -0.3 is 4.74 Å². The van der Waals surface area contributed by atoms with E-state index in [2.05, 4.69) is 17.0 Å². The second-order valence-electron chi connectivity index (χ2n) is 3.72. The van der Waals surface area contributed by atoms with Crippen LogP contribution >= 0.6 is 0 Å². The molecule has 0 spiro atoms. The van der Waals surface area contributed by atoms with Crippen molar-refractivity contribution in [2.45, 2.75) is 30.1 Å². The lowest BCUT2D eigenvalue weighted by Crippen LogP contribution is -2.68. The molecule has 0 aromatic carbocycles. The molecule has 15 heteroatoms. The number of rotatable bonds is 5. The van der Waals surface area contributed by atoms with Crippen LogP contribution in [0.25, 0.3) is 0 Å². The van der Waals surface area contributed by atoms with Gasteiger partial charge in [-0.3, -0.25) is 10.3 Å². The maximum absolute atomic E-state index is 12.6. The summed E-state index contributed by atoms with van der Waals surface area (Å²) in [6, 6.07) is 0.